The highest BCUT2D eigenvalue weighted by Crippen LogP contribution is 2.31. The van der Waals surface area contributed by atoms with E-state index in [0.717, 1.165) is 12.0 Å². The van der Waals surface area contributed by atoms with E-state index < -0.39 is 6.36 Å². The minimum absolute atomic E-state index is 0.240. The quantitative estimate of drug-likeness (QED) is 0.776. The van der Waals surface area contributed by atoms with Crippen LogP contribution in [0.25, 0.3) is 0 Å². The van der Waals surface area contributed by atoms with Crippen LogP contribution in [0.2, 0.25) is 0 Å². The molecule has 0 fully saturated rings. The fraction of sp³-hybridized carbons (Fsp3) is 0.385. The van der Waals surface area contributed by atoms with E-state index in [0.29, 0.717) is 6.54 Å². The van der Waals surface area contributed by atoms with E-state index >= 15 is 0 Å². The highest BCUT2D eigenvalue weighted by molar-refractivity contribution is 9.10. The first-order chi connectivity index (χ1) is 8.81. The number of benzene rings is 1. The monoisotopic (exact) mass is 337 g/mol. The molecule has 0 heterocycles. The van der Waals surface area contributed by atoms with E-state index in [2.05, 4.69) is 32.6 Å². The molecule has 1 aromatic carbocycles. The fourth-order valence-electron chi connectivity index (χ4n) is 1.49. The second-order valence-corrected chi connectivity index (χ2v) is 4.97. The molecule has 106 valence electrons. The average molecular weight is 338 g/mol. The zero-order valence-electron chi connectivity index (χ0n) is 10.4. The van der Waals surface area contributed by atoms with Crippen molar-refractivity contribution >= 4 is 15.9 Å². The number of nitrogens with one attached hydrogen (secondary N) is 1. The Morgan fingerprint density at radius 2 is 2.16 bits per heavy atom. The molecule has 0 aliphatic rings. The Morgan fingerprint density at radius 3 is 2.68 bits per heavy atom. The van der Waals surface area contributed by atoms with E-state index in [1.54, 1.807) is 12.1 Å². The summed E-state index contributed by atoms with van der Waals surface area (Å²) in [4.78, 5) is 0. The van der Waals surface area contributed by atoms with Crippen LogP contribution in [0.15, 0.2) is 35.3 Å². The van der Waals surface area contributed by atoms with E-state index in [1.165, 1.54) is 6.07 Å². The van der Waals surface area contributed by atoms with Gasteiger partial charge in [-0.2, -0.15) is 0 Å². The van der Waals surface area contributed by atoms with Gasteiger partial charge >= 0.3 is 6.36 Å². The number of rotatable bonds is 6. The molecule has 0 aromatic heterocycles. The summed E-state index contributed by atoms with van der Waals surface area (Å²) in [7, 11) is 0. The van der Waals surface area contributed by atoms with Gasteiger partial charge in [-0.25, -0.2) is 0 Å². The van der Waals surface area contributed by atoms with Crippen molar-refractivity contribution in [1.82, 2.24) is 5.32 Å². The average Bonchev–Trinajstić information content (AvgIpc) is 2.28. The molecule has 0 radical (unpaired) electrons. The standard InChI is InChI=1S/C13H15BrF3NO/c1-3-4-9(2)18-8-10-5-6-12(11(14)7-10)19-13(15,16)17/h3,5-7,9,18H,1,4,8H2,2H3. The number of ether oxygens (including phenoxy) is 1. The van der Waals surface area contributed by atoms with Crippen LogP contribution >= 0.6 is 15.9 Å². The molecule has 0 saturated heterocycles. The van der Waals surface area contributed by atoms with Gasteiger partial charge in [0.2, 0.25) is 0 Å². The molecule has 1 atom stereocenters. The van der Waals surface area contributed by atoms with Crippen molar-refractivity contribution in [3.63, 3.8) is 0 Å². The predicted octanol–water partition coefficient (Wildman–Crippen LogP) is 4.40. The highest BCUT2D eigenvalue weighted by Gasteiger charge is 2.31. The molecule has 2 nitrogen and oxygen atoms in total. The van der Waals surface area contributed by atoms with Gasteiger partial charge in [0, 0.05) is 12.6 Å². The van der Waals surface area contributed by atoms with Crippen LogP contribution in [0.4, 0.5) is 13.2 Å². The summed E-state index contributed by atoms with van der Waals surface area (Å²) in [5.41, 5.74) is 0.873. The van der Waals surface area contributed by atoms with E-state index in [-0.39, 0.29) is 16.3 Å². The maximum atomic E-state index is 12.1. The molecule has 1 rings (SSSR count). The Kier molecular flexibility index (Phi) is 5.87. The summed E-state index contributed by atoms with van der Waals surface area (Å²) in [5.74, 6) is -0.240. The third-order valence-corrected chi connectivity index (χ3v) is 3.02. The lowest BCUT2D eigenvalue weighted by atomic mass is 10.2. The topological polar surface area (TPSA) is 21.3 Å². The zero-order chi connectivity index (χ0) is 14.5. The molecule has 1 aromatic rings. The Morgan fingerprint density at radius 1 is 1.47 bits per heavy atom. The van der Waals surface area contributed by atoms with Crippen molar-refractivity contribution < 1.29 is 17.9 Å². The minimum Gasteiger partial charge on any atom is -0.405 e. The summed E-state index contributed by atoms with van der Waals surface area (Å²) in [6, 6.07) is 4.77. The molecule has 0 saturated carbocycles. The van der Waals surface area contributed by atoms with E-state index in [4.69, 9.17) is 0 Å². The molecular weight excluding hydrogens is 323 g/mol. The summed E-state index contributed by atoms with van der Waals surface area (Å²) < 4.78 is 40.4. The second kappa shape index (κ2) is 6.96. The van der Waals surface area contributed by atoms with Gasteiger partial charge in [0.15, 0.2) is 0 Å². The third-order valence-electron chi connectivity index (χ3n) is 2.40. The van der Waals surface area contributed by atoms with Gasteiger partial charge in [-0.3, -0.25) is 0 Å². The maximum absolute atomic E-state index is 12.1. The molecule has 1 unspecified atom stereocenters. The van der Waals surface area contributed by atoms with Gasteiger partial charge in [0.1, 0.15) is 5.75 Å². The van der Waals surface area contributed by atoms with Crippen molar-refractivity contribution in [2.45, 2.75) is 32.3 Å². The Bertz CT molecular complexity index is 434. The fourth-order valence-corrected chi connectivity index (χ4v) is 1.99. The first-order valence-corrected chi connectivity index (χ1v) is 6.49. The van der Waals surface area contributed by atoms with Crippen LogP contribution < -0.4 is 10.1 Å². The van der Waals surface area contributed by atoms with Crippen LogP contribution in [-0.2, 0) is 6.54 Å². The first-order valence-electron chi connectivity index (χ1n) is 5.70. The van der Waals surface area contributed by atoms with E-state index in [1.807, 2.05) is 13.0 Å². The summed E-state index contributed by atoms with van der Waals surface area (Å²) in [6.45, 7) is 6.23. The third kappa shape index (κ3) is 6.11. The summed E-state index contributed by atoms with van der Waals surface area (Å²) in [6.07, 6.45) is -2.04. The van der Waals surface area contributed by atoms with Crippen molar-refractivity contribution in [2.75, 3.05) is 0 Å². The Labute approximate surface area is 118 Å². The largest absolute Gasteiger partial charge is 0.573 e. The Balaban J connectivity index is 2.64. The normalized spacial score (nSPS) is 13.1. The molecular formula is C13H15BrF3NO. The van der Waals surface area contributed by atoms with Crippen molar-refractivity contribution in [1.29, 1.82) is 0 Å². The minimum atomic E-state index is -4.68. The van der Waals surface area contributed by atoms with Gasteiger partial charge in [-0.05, 0) is 47.0 Å². The van der Waals surface area contributed by atoms with Crippen molar-refractivity contribution in [2.24, 2.45) is 0 Å². The van der Waals surface area contributed by atoms with Crippen LogP contribution in [0.1, 0.15) is 18.9 Å². The van der Waals surface area contributed by atoms with Crippen LogP contribution in [0.3, 0.4) is 0 Å². The SMILES string of the molecule is C=CCC(C)NCc1ccc(OC(F)(F)F)c(Br)c1. The lowest BCUT2D eigenvalue weighted by Gasteiger charge is -2.14. The number of hydrogen-bond acceptors (Lipinski definition) is 2. The first kappa shape index (κ1) is 16.0. The van der Waals surface area contributed by atoms with E-state index in [9.17, 15) is 13.2 Å². The van der Waals surface area contributed by atoms with Crippen LogP contribution in [0.5, 0.6) is 5.75 Å². The second-order valence-electron chi connectivity index (χ2n) is 4.12. The molecule has 0 aliphatic heterocycles. The van der Waals surface area contributed by atoms with Gasteiger partial charge in [0.25, 0.3) is 0 Å². The number of hydrogen-bond donors (Lipinski definition) is 1. The number of halogens is 4. The predicted molar refractivity (Wildman–Crippen MR) is 71.9 cm³/mol. The van der Waals surface area contributed by atoms with Gasteiger partial charge in [-0.1, -0.05) is 12.1 Å². The maximum Gasteiger partial charge on any atom is 0.573 e. The zero-order valence-corrected chi connectivity index (χ0v) is 12.0. The Hall–Kier alpha value is -1.01. The molecule has 0 bridgehead atoms. The summed E-state index contributed by atoms with van der Waals surface area (Å²) >= 11 is 3.07. The molecule has 6 heteroatoms. The van der Waals surface area contributed by atoms with Gasteiger partial charge in [0.05, 0.1) is 4.47 Å². The van der Waals surface area contributed by atoms with Crippen molar-refractivity contribution in [3.05, 3.63) is 40.9 Å². The highest BCUT2D eigenvalue weighted by atomic mass is 79.9. The number of alkyl halides is 3. The lowest BCUT2D eigenvalue weighted by Crippen LogP contribution is -2.24. The van der Waals surface area contributed by atoms with Gasteiger partial charge < -0.3 is 10.1 Å². The molecule has 0 amide bonds. The molecule has 1 N–H and O–H groups in total. The van der Waals surface area contributed by atoms with Crippen molar-refractivity contribution in [3.8, 4) is 5.75 Å². The van der Waals surface area contributed by atoms with Gasteiger partial charge in [-0.15, -0.1) is 19.8 Å². The molecule has 0 aliphatic carbocycles. The lowest BCUT2D eigenvalue weighted by molar-refractivity contribution is -0.274. The summed E-state index contributed by atoms with van der Waals surface area (Å²) in [5, 5.41) is 3.24. The van der Waals surface area contributed by atoms with Crippen LogP contribution in [-0.4, -0.2) is 12.4 Å². The smallest absolute Gasteiger partial charge is 0.405 e. The molecule has 0 spiro atoms. The van der Waals surface area contributed by atoms with Crippen LogP contribution in [0, 0.1) is 0 Å². The molecule has 19 heavy (non-hydrogen) atoms.